The Morgan fingerprint density at radius 3 is 2.46 bits per heavy atom. The topological polar surface area (TPSA) is 64.0 Å². The zero-order valence-electron chi connectivity index (χ0n) is 14.1. The van der Waals surface area contributed by atoms with Gasteiger partial charge in [-0.15, -0.1) is 0 Å². The van der Waals surface area contributed by atoms with Crippen molar-refractivity contribution in [2.24, 2.45) is 0 Å². The molecule has 1 aromatic heterocycles. The Morgan fingerprint density at radius 1 is 1.00 bits per heavy atom. The van der Waals surface area contributed by atoms with Crippen LogP contribution >= 0.6 is 11.6 Å². The second-order valence-electron chi connectivity index (χ2n) is 5.80. The Morgan fingerprint density at radius 2 is 1.73 bits per heavy atom. The molecule has 1 N–H and O–H groups in total. The highest BCUT2D eigenvalue weighted by atomic mass is 35.5. The number of carbonyl (C=O) groups is 1. The summed E-state index contributed by atoms with van der Waals surface area (Å²) in [6.45, 7) is 0.642. The number of nitrogens with one attached hydrogen (secondary N) is 1. The van der Waals surface area contributed by atoms with Crippen molar-refractivity contribution < 1.29 is 4.79 Å². The first-order valence-corrected chi connectivity index (χ1v) is 8.64. The molecule has 0 fully saturated rings. The van der Waals surface area contributed by atoms with E-state index in [2.05, 4.69) is 10.4 Å². The third kappa shape index (κ3) is 4.80. The van der Waals surface area contributed by atoms with E-state index in [1.165, 1.54) is 10.7 Å². The molecular formula is C20H18ClN3O2. The molecule has 0 saturated carbocycles. The molecule has 0 aliphatic heterocycles. The molecule has 3 aromatic rings. The average Bonchev–Trinajstić information content (AvgIpc) is 2.65. The molecule has 0 radical (unpaired) electrons. The summed E-state index contributed by atoms with van der Waals surface area (Å²) in [5, 5.41) is 7.82. The zero-order valence-corrected chi connectivity index (χ0v) is 14.8. The highest BCUT2D eigenvalue weighted by Crippen LogP contribution is 2.18. The standard InChI is InChI=1S/C20H18ClN3O2/c21-17-8-6-16(7-9-17)18-10-11-20(26)24(23-18)13-12-22-19(25)14-15-4-2-1-3-5-15/h1-11H,12-14H2,(H,22,25). The Balaban J connectivity index is 1.61. The van der Waals surface area contributed by atoms with E-state index in [9.17, 15) is 9.59 Å². The Labute approximate surface area is 156 Å². The summed E-state index contributed by atoms with van der Waals surface area (Å²) in [6.07, 6.45) is 0.313. The van der Waals surface area contributed by atoms with Gasteiger partial charge < -0.3 is 5.32 Å². The zero-order chi connectivity index (χ0) is 18.4. The number of hydrogen-bond donors (Lipinski definition) is 1. The number of nitrogens with zero attached hydrogens (tertiary/aromatic N) is 2. The molecule has 1 amide bonds. The monoisotopic (exact) mass is 367 g/mol. The Bertz CT molecular complexity index is 937. The van der Waals surface area contributed by atoms with Crippen molar-refractivity contribution in [1.29, 1.82) is 0 Å². The molecular weight excluding hydrogens is 350 g/mol. The van der Waals surface area contributed by atoms with E-state index in [1.54, 1.807) is 18.2 Å². The van der Waals surface area contributed by atoms with E-state index in [-0.39, 0.29) is 11.5 Å². The number of rotatable bonds is 6. The van der Waals surface area contributed by atoms with Crippen LogP contribution in [0.15, 0.2) is 71.5 Å². The van der Waals surface area contributed by atoms with Gasteiger partial charge in [-0.05, 0) is 23.8 Å². The maximum Gasteiger partial charge on any atom is 0.266 e. The first-order chi connectivity index (χ1) is 12.6. The molecule has 26 heavy (non-hydrogen) atoms. The van der Waals surface area contributed by atoms with Crippen molar-refractivity contribution in [3.63, 3.8) is 0 Å². The quantitative estimate of drug-likeness (QED) is 0.728. The third-order valence-electron chi connectivity index (χ3n) is 3.86. The van der Waals surface area contributed by atoms with E-state index in [1.807, 2.05) is 42.5 Å². The van der Waals surface area contributed by atoms with Crippen molar-refractivity contribution in [1.82, 2.24) is 15.1 Å². The van der Waals surface area contributed by atoms with Gasteiger partial charge in [0.25, 0.3) is 5.56 Å². The Kier molecular flexibility index (Phi) is 5.81. The van der Waals surface area contributed by atoms with Crippen molar-refractivity contribution in [3.05, 3.63) is 87.7 Å². The minimum absolute atomic E-state index is 0.0851. The molecule has 0 aliphatic rings. The summed E-state index contributed by atoms with van der Waals surface area (Å²) in [7, 11) is 0. The normalized spacial score (nSPS) is 10.5. The SMILES string of the molecule is O=C(Cc1ccccc1)NCCn1nc(-c2ccc(Cl)cc2)ccc1=O. The second-order valence-corrected chi connectivity index (χ2v) is 6.24. The van der Waals surface area contributed by atoms with Crippen LogP contribution < -0.4 is 10.9 Å². The molecule has 3 rings (SSSR count). The molecule has 5 nitrogen and oxygen atoms in total. The van der Waals surface area contributed by atoms with Crippen LogP contribution in [0.4, 0.5) is 0 Å². The van der Waals surface area contributed by atoms with Gasteiger partial charge in [-0.3, -0.25) is 9.59 Å². The number of amides is 1. The van der Waals surface area contributed by atoms with Gasteiger partial charge in [0.2, 0.25) is 5.91 Å². The smallest absolute Gasteiger partial charge is 0.266 e. The van der Waals surface area contributed by atoms with Crippen LogP contribution in [0.1, 0.15) is 5.56 Å². The first-order valence-electron chi connectivity index (χ1n) is 8.26. The van der Waals surface area contributed by atoms with Gasteiger partial charge in [-0.1, -0.05) is 54.1 Å². The number of halogens is 1. The lowest BCUT2D eigenvalue weighted by Crippen LogP contribution is -2.32. The van der Waals surface area contributed by atoms with Crippen LogP contribution in [0.5, 0.6) is 0 Å². The summed E-state index contributed by atoms with van der Waals surface area (Å²) in [5.41, 5.74) is 2.29. The molecule has 1 heterocycles. The molecule has 2 aromatic carbocycles. The largest absolute Gasteiger partial charge is 0.354 e. The van der Waals surface area contributed by atoms with Gasteiger partial charge in [0.15, 0.2) is 0 Å². The molecule has 6 heteroatoms. The minimum atomic E-state index is -0.208. The van der Waals surface area contributed by atoms with Gasteiger partial charge in [0, 0.05) is 23.2 Å². The minimum Gasteiger partial charge on any atom is -0.354 e. The lowest BCUT2D eigenvalue weighted by atomic mass is 10.1. The summed E-state index contributed by atoms with van der Waals surface area (Å²) in [6, 6.07) is 19.9. The molecule has 0 spiro atoms. The maximum atomic E-state index is 12.0. The summed E-state index contributed by atoms with van der Waals surface area (Å²) in [4.78, 5) is 24.0. The number of carbonyl (C=O) groups excluding carboxylic acids is 1. The van der Waals surface area contributed by atoms with Crippen LogP contribution in [-0.2, 0) is 17.8 Å². The molecule has 0 atom stereocenters. The molecule has 0 unspecified atom stereocenters. The summed E-state index contributed by atoms with van der Waals surface area (Å²) in [5.74, 6) is -0.0851. The molecule has 132 valence electrons. The first kappa shape index (κ1) is 17.9. The van der Waals surface area contributed by atoms with E-state index in [0.29, 0.717) is 30.2 Å². The molecule has 0 bridgehead atoms. The summed E-state index contributed by atoms with van der Waals surface area (Å²) < 4.78 is 1.35. The molecule has 0 aliphatic carbocycles. The van der Waals surface area contributed by atoms with E-state index in [4.69, 9.17) is 11.6 Å². The van der Waals surface area contributed by atoms with Gasteiger partial charge in [0.05, 0.1) is 18.7 Å². The highest BCUT2D eigenvalue weighted by Gasteiger charge is 2.06. The van der Waals surface area contributed by atoms with Gasteiger partial charge >= 0.3 is 0 Å². The average molecular weight is 368 g/mol. The lowest BCUT2D eigenvalue weighted by molar-refractivity contribution is -0.120. The van der Waals surface area contributed by atoms with Crippen LogP contribution in [0.2, 0.25) is 5.02 Å². The maximum absolute atomic E-state index is 12.0. The van der Waals surface area contributed by atoms with Crippen LogP contribution in [0.3, 0.4) is 0 Å². The second kappa shape index (κ2) is 8.45. The predicted octanol–water partition coefficient (Wildman–Crippen LogP) is 2.92. The van der Waals surface area contributed by atoms with Crippen molar-refractivity contribution >= 4 is 17.5 Å². The van der Waals surface area contributed by atoms with Crippen LogP contribution in [0, 0.1) is 0 Å². The van der Waals surface area contributed by atoms with Crippen LogP contribution in [0.25, 0.3) is 11.3 Å². The van der Waals surface area contributed by atoms with Crippen molar-refractivity contribution in [2.45, 2.75) is 13.0 Å². The summed E-state index contributed by atoms with van der Waals surface area (Å²) >= 11 is 5.90. The number of benzene rings is 2. The Hall–Kier alpha value is -2.92. The van der Waals surface area contributed by atoms with Crippen LogP contribution in [-0.4, -0.2) is 22.2 Å². The predicted molar refractivity (Wildman–Crippen MR) is 102 cm³/mol. The third-order valence-corrected chi connectivity index (χ3v) is 4.11. The van der Waals surface area contributed by atoms with E-state index >= 15 is 0 Å². The van der Waals surface area contributed by atoms with Crippen molar-refractivity contribution in [3.8, 4) is 11.3 Å². The highest BCUT2D eigenvalue weighted by molar-refractivity contribution is 6.30. The fourth-order valence-corrected chi connectivity index (χ4v) is 2.65. The van der Waals surface area contributed by atoms with Crippen molar-refractivity contribution in [2.75, 3.05) is 6.54 Å². The van der Waals surface area contributed by atoms with E-state index < -0.39 is 0 Å². The van der Waals surface area contributed by atoms with E-state index in [0.717, 1.165) is 11.1 Å². The van der Waals surface area contributed by atoms with Gasteiger partial charge in [-0.2, -0.15) is 5.10 Å². The lowest BCUT2D eigenvalue weighted by Gasteiger charge is -2.09. The fourth-order valence-electron chi connectivity index (χ4n) is 2.53. The van der Waals surface area contributed by atoms with Gasteiger partial charge in [-0.25, -0.2) is 4.68 Å². The number of hydrogen-bond acceptors (Lipinski definition) is 3. The molecule has 0 saturated heterocycles. The fraction of sp³-hybridized carbons (Fsp3) is 0.150. The number of aromatic nitrogens is 2. The van der Waals surface area contributed by atoms with Gasteiger partial charge in [0.1, 0.15) is 0 Å².